The Labute approximate surface area is 107 Å². The van der Waals surface area contributed by atoms with Crippen LogP contribution in [0.5, 0.6) is 0 Å². The van der Waals surface area contributed by atoms with Crippen LogP contribution in [0.25, 0.3) is 0 Å². The second-order valence-corrected chi connectivity index (χ2v) is 5.63. The Morgan fingerprint density at radius 1 is 1.33 bits per heavy atom. The Morgan fingerprint density at radius 3 is 2.28 bits per heavy atom. The number of carbonyl (C=O) groups is 1. The molecule has 6 heteroatoms. The number of hydrogen-bond acceptors (Lipinski definition) is 4. The lowest BCUT2D eigenvalue weighted by Gasteiger charge is -2.38. The number of hydrogen-bond donors (Lipinski definition) is 2. The van der Waals surface area contributed by atoms with Crippen molar-refractivity contribution in [2.24, 2.45) is 12.5 Å². The highest BCUT2D eigenvalue weighted by Crippen LogP contribution is 2.30. The van der Waals surface area contributed by atoms with Gasteiger partial charge in [-0.05, 0) is 34.6 Å². The van der Waals surface area contributed by atoms with Gasteiger partial charge in [0.25, 0.3) is 0 Å². The molecule has 1 rings (SSSR count). The molecule has 0 spiro atoms. The van der Waals surface area contributed by atoms with E-state index in [2.05, 4.69) is 15.5 Å². The lowest BCUT2D eigenvalue weighted by molar-refractivity contribution is -0.151. The Hall–Kier alpha value is -1.43. The fraction of sp³-hybridized carbons (Fsp3) is 0.750. The lowest BCUT2D eigenvalue weighted by Crippen LogP contribution is -2.54. The molecule has 0 aliphatic carbocycles. The Morgan fingerprint density at radius 2 is 1.89 bits per heavy atom. The smallest absolute Gasteiger partial charge is 0.310 e. The van der Waals surface area contributed by atoms with Crippen LogP contribution in [0.3, 0.4) is 0 Å². The number of aryl methyl sites for hydroxylation is 1. The zero-order valence-corrected chi connectivity index (χ0v) is 11.9. The number of rotatable bonds is 5. The molecular formula is C12H22N4O2. The van der Waals surface area contributed by atoms with Gasteiger partial charge in [0.05, 0.1) is 12.0 Å². The summed E-state index contributed by atoms with van der Waals surface area (Å²) < 4.78 is 1.89. The van der Waals surface area contributed by atoms with Crippen molar-refractivity contribution in [3.05, 3.63) is 11.6 Å². The number of aliphatic carboxylic acids is 1. The molecule has 0 aromatic carbocycles. The van der Waals surface area contributed by atoms with E-state index in [4.69, 9.17) is 0 Å². The lowest BCUT2D eigenvalue weighted by atomic mass is 9.74. The second kappa shape index (κ2) is 4.68. The van der Waals surface area contributed by atoms with Crippen LogP contribution in [-0.4, -0.2) is 31.4 Å². The van der Waals surface area contributed by atoms with E-state index in [0.717, 1.165) is 11.6 Å². The molecule has 2 N–H and O–H groups in total. The predicted molar refractivity (Wildman–Crippen MR) is 68.1 cm³/mol. The van der Waals surface area contributed by atoms with Gasteiger partial charge in [0, 0.05) is 12.6 Å². The minimum Gasteiger partial charge on any atom is -0.481 e. The van der Waals surface area contributed by atoms with Crippen LogP contribution >= 0.6 is 0 Å². The Bertz CT molecular complexity index is 449. The number of carboxylic acid groups (broad SMARTS) is 1. The standard InChI is InChI=1S/C12H22N4O2/c1-8-14-15-9(16(8)6)7-13-12(4,5)11(2,3)10(17)18/h13H,7H2,1-6H3,(H,17,18). The summed E-state index contributed by atoms with van der Waals surface area (Å²) in [6.45, 7) is 9.55. The molecule has 1 heterocycles. The van der Waals surface area contributed by atoms with Gasteiger partial charge in [-0.2, -0.15) is 0 Å². The van der Waals surface area contributed by atoms with Gasteiger partial charge >= 0.3 is 5.97 Å². The van der Waals surface area contributed by atoms with E-state index in [0.29, 0.717) is 6.54 Å². The van der Waals surface area contributed by atoms with Crippen molar-refractivity contribution in [3.8, 4) is 0 Å². The molecule has 6 nitrogen and oxygen atoms in total. The number of nitrogens with one attached hydrogen (secondary N) is 1. The second-order valence-electron chi connectivity index (χ2n) is 5.63. The summed E-state index contributed by atoms with van der Waals surface area (Å²) in [6.07, 6.45) is 0. The minimum absolute atomic E-state index is 0.487. The third-order valence-corrected chi connectivity index (χ3v) is 3.97. The highest BCUT2D eigenvalue weighted by molar-refractivity contribution is 5.75. The van der Waals surface area contributed by atoms with E-state index in [1.807, 2.05) is 32.4 Å². The first-order valence-corrected chi connectivity index (χ1v) is 5.93. The first kappa shape index (κ1) is 14.6. The van der Waals surface area contributed by atoms with E-state index in [-0.39, 0.29) is 0 Å². The van der Waals surface area contributed by atoms with Crippen molar-refractivity contribution in [3.63, 3.8) is 0 Å². The molecule has 1 aromatic rings. The number of carboxylic acids is 1. The van der Waals surface area contributed by atoms with Gasteiger partial charge in [-0.15, -0.1) is 10.2 Å². The van der Waals surface area contributed by atoms with Gasteiger partial charge in [-0.1, -0.05) is 0 Å². The molecule has 0 unspecified atom stereocenters. The zero-order valence-electron chi connectivity index (χ0n) is 11.9. The summed E-state index contributed by atoms with van der Waals surface area (Å²) in [7, 11) is 1.89. The van der Waals surface area contributed by atoms with Crippen LogP contribution in [0, 0.1) is 12.3 Å². The van der Waals surface area contributed by atoms with Gasteiger partial charge in [-0.3, -0.25) is 4.79 Å². The van der Waals surface area contributed by atoms with Crippen LogP contribution in [0.15, 0.2) is 0 Å². The van der Waals surface area contributed by atoms with Crippen molar-refractivity contribution >= 4 is 5.97 Å². The molecule has 0 saturated carbocycles. The summed E-state index contributed by atoms with van der Waals surface area (Å²) in [4.78, 5) is 11.3. The normalized spacial score (nSPS) is 12.8. The molecule has 1 aromatic heterocycles. The SMILES string of the molecule is Cc1nnc(CNC(C)(C)C(C)(C)C(=O)O)n1C. The molecule has 0 fully saturated rings. The maximum Gasteiger partial charge on any atom is 0.310 e. The van der Waals surface area contributed by atoms with E-state index in [1.54, 1.807) is 13.8 Å². The van der Waals surface area contributed by atoms with Gasteiger partial charge < -0.3 is 15.0 Å². The summed E-state index contributed by atoms with van der Waals surface area (Å²) >= 11 is 0. The molecule has 0 aliphatic heterocycles. The highest BCUT2D eigenvalue weighted by atomic mass is 16.4. The molecule has 102 valence electrons. The molecule has 0 radical (unpaired) electrons. The maximum absolute atomic E-state index is 11.3. The topological polar surface area (TPSA) is 80.0 Å². The van der Waals surface area contributed by atoms with Crippen molar-refractivity contribution in [2.45, 2.75) is 46.7 Å². The monoisotopic (exact) mass is 254 g/mol. The molecule has 0 aliphatic rings. The van der Waals surface area contributed by atoms with Crippen molar-refractivity contribution in [2.75, 3.05) is 0 Å². The van der Waals surface area contributed by atoms with Crippen LogP contribution in [0.2, 0.25) is 0 Å². The first-order chi connectivity index (χ1) is 8.09. The van der Waals surface area contributed by atoms with E-state index < -0.39 is 16.9 Å². The van der Waals surface area contributed by atoms with Gasteiger partial charge in [0.1, 0.15) is 11.6 Å². The molecule has 0 bridgehead atoms. The predicted octanol–water partition coefficient (Wildman–Crippen LogP) is 1.10. The quantitative estimate of drug-likeness (QED) is 0.822. The van der Waals surface area contributed by atoms with Gasteiger partial charge in [0.2, 0.25) is 0 Å². The molecule has 0 saturated heterocycles. The van der Waals surface area contributed by atoms with Gasteiger partial charge in [0.15, 0.2) is 0 Å². The Balaban J connectivity index is 2.79. The van der Waals surface area contributed by atoms with E-state index >= 15 is 0 Å². The fourth-order valence-electron chi connectivity index (χ4n) is 1.39. The Kier molecular flexibility index (Phi) is 3.81. The molecule has 0 atom stereocenters. The molecule has 0 amide bonds. The largest absolute Gasteiger partial charge is 0.481 e. The third-order valence-electron chi connectivity index (χ3n) is 3.97. The number of aromatic nitrogens is 3. The third kappa shape index (κ3) is 2.53. The summed E-state index contributed by atoms with van der Waals surface area (Å²) in [6, 6.07) is 0. The average molecular weight is 254 g/mol. The van der Waals surface area contributed by atoms with E-state index in [1.165, 1.54) is 0 Å². The maximum atomic E-state index is 11.3. The van der Waals surface area contributed by atoms with Crippen molar-refractivity contribution < 1.29 is 9.90 Å². The summed E-state index contributed by atoms with van der Waals surface area (Å²) in [5.41, 5.74) is -1.43. The summed E-state index contributed by atoms with van der Waals surface area (Å²) in [5.74, 6) is 0.804. The van der Waals surface area contributed by atoms with Crippen LogP contribution < -0.4 is 5.32 Å². The molecule has 18 heavy (non-hydrogen) atoms. The van der Waals surface area contributed by atoms with E-state index in [9.17, 15) is 9.90 Å². The highest BCUT2D eigenvalue weighted by Gasteiger charge is 2.43. The van der Waals surface area contributed by atoms with Crippen LogP contribution in [-0.2, 0) is 18.4 Å². The molecular weight excluding hydrogens is 232 g/mol. The fourth-order valence-corrected chi connectivity index (χ4v) is 1.39. The van der Waals surface area contributed by atoms with Crippen LogP contribution in [0.4, 0.5) is 0 Å². The van der Waals surface area contributed by atoms with Crippen LogP contribution in [0.1, 0.15) is 39.3 Å². The van der Waals surface area contributed by atoms with Crippen molar-refractivity contribution in [1.82, 2.24) is 20.1 Å². The number of nitrogens with zero attached hydrogens (tertiary/aromatic N) is 3. The minimum atomic E-state index is -0.874. The van der Waals surface area contributed by atoms with Gasteiger partial charge in [-0.25, -0.2) is 0 Å². The summed E-state index contributed by atoms with van der Waals surface area (Å²) in [5, 5.41) is 20.5. The zero-order chi connectivity index (χ0) is 14.1. The first-order valence-electron chi connectivity index (χ1n) is 5.93. The average Bonchev–Trinajstić information content (AvgIpc) is 2.57. The van der Waals surface area contributed by atoms with Crippen molar-refractivity contribution in [1.29, 1.82) is 0 Å².